The van der Waals surface area contributed by atoms with Crippen molar-refractivity contribution in [1.29, 1.82) is 0 Å². The van der Waals surface area contributed by atoms with Crippen molar-refractivity contribution in [3.63, 3.8) is 0 Å². The van der Waals surface area contributed by atoms with Crippen LogP contribution in [-0.4, -0.2) is 43.1 Å². The predicted octanol–water partition coefficient (Wildman–Crippen LogP) is 4.72. The minimum atomic E-state index is -0.588. The van der Waals surface area contributed by atoms with Gasteiger partial charge in [0.25, 0.3) is 0 Å². The number of aromatic amines is 1. The van der Waals surface area contributed by atoms with E-state index >= 15 is 0 Å². The number of H-pyrrole nitrogens is 1. The fourth-order valence-electron chi connectivity index (χ4n) is 6.64. The Morgan fingerprint density at radius 2 is 1.83 bits per heavy atom. The lowest BCUT2D eigenvalue weighted by molar-refractivity contribution is -0.123. The summed E-state index contributed by atoms with van der Waals surface area (Å²) in [7, 11) is 0. The number of aromatic nitrogens is 4. The normalized spacial score (nSPS) is 27.0. The highest BCUT2D eigenvalue weighted by Gasteiger charge is 2.51. The van der Waals surface area contributed by atoms with Crippen molar-refractivity contribution in [2.24, 2.45) is 11.7 Å². The molecule has 1 atom stereocenters. The number of aryl methyl sites for hydroxylation is 1. The number of benzene rings is 2. The second-order valence-corrected chi connectivity index (χ2v) is 10.7. The summed E-state index contributed by atoms with van der Waals surface area (Å²) in [5, 5.41) is 9.12. The molecule has 0 spiro atoms. The van der Waals surface area contributed by atoms with Crippen LogP contribution in [0.5, 0.6) is 0 Å². The Kier molecular flexibility index (Phi) is 5.97. The Bertz CT molecular complexity index is 1320. The molecule has 1 aliphatic heterocycles. The second kappa shape index (κ2) is 9.30. The molecule has 36 heavy (non-hydrogen) atoms. The third-order valence-corrected chi connectivity index (χ3v) is 8.69. The SMILES string of the molecule is NC1(N2CCC[C@@]2(C=O)c2ccccc2)CCC(CCc2c[nH]c3ccc(-n4cnnc4)cc23)CC1. The van der Waals surface area contributed by atoms with Crippen LogP contribution in [0.2, 0.25) is 0 Å². The van der Waals surface area contributed by atoms with E-state index in [4.69, 9.17) is 5.73 Å². The molecule has 7 nitrogen and oxygen atoms in total. The summed E-state index contributed by atoms with van der Waals surface area (Å²) in [6.45, 7) is 0.888. The lowest BCUT2D eigenvalue weighted by atomic mass is 9.76. The van der Waals surface area contributed by atoms with Gasteiger partial charge in [-0.15, -0.1) is 10.2 Å². The molecule has 7 heteroatoms. The van der Waals surface area contributed by atoms with Crippen LogP contribution < -0.4 is 5.73 Å². The molecule has 0 bridgehead atoms. The Morgan fingerprint density at radius 1 is 1.06 bits per heavy atom. The van der Waals surface area contributed by atoms with Crippen LogP contribution in [0.4, 0.5) is 0 Å². The van der Waals surface area contributed by atoms with Crippen molar-refractivity contribution in [2.45, 2.75) is 62.6 Å². The minimum Gasteiger partial charge on any atom is -0.361 e. The molecule has 186 valence electrons. The topological polar surface area (TPSA) is 92.8 Å². The van der Waals surface area contributed by atoms with Crippen molar-refractivity contribution < 1.29 is 4.79 Å². The number of carbonyl (C=O) groups excluding carboxylic acids is 1. The smallest absolute Gasteiger partial charge is 0.144 e. The minimum absolute atomic E-state index is 0.418. The average molecular weight is 483 g/mol. The highest BCUT2D eigenvalue weighted by Crippen LogP contribution is 2.46. The maximum absolute atomic E-state index is 12.5. The quantitative estimate of drug-likeness (QED) is 0.372. The maximum Gasteiger partial charge on any atom is 0.144 e. The number of likely N-dealkylation sites (tertiary alicyclic amines) is 1. The number of hydrogen-bond acceptors (Lipinski definition) is 5. The van der Waals surface area contributed by atoms with Gasteiger partial charge in [-0.3, -0.25) is 9.47 Å². The summed E-state index contributed by atoms with van der Waals surface area (Å²) in [5.41, 5.74) is 10.7. The lowest BCUT2D eigenvalue weighted by Gasteiger charge is -2.50. The average Bonchev–Trinajstić information content (AvgIpc) is 3.69. The van der Waals surface area contributed by atoms with Crippen LogP contribution in [0, 0.1) is 5.92 Å². The van der Waals surface area contributed by atoms with E-state index in [0.717, 1.165) is 81.0 Å². The molecule has 2 fully saturated rings. The second-order valence-electron chi connectivity index (χ2n) is 10.7. The van der Waals surface area contributed by atoms with Crippen LogP contribution in [-0.2, 0) is 16.8 Å². The summed E-state index contributed by atoms with van der Waals surface area (Å²) in [6.07, 6.45) is 14.9. The molecular weight excluding hydrogens is 448 g/mol. The van der Waals surface area contributed by atoms with Gasteiger partial charge in [-0.2, -0.15) is 0 Å². The van der Waals surface area contributed by atoms with Crippen molar-refractivity contribution in [3.05, 3.63) is 78.5 Å². The largest absolute Gasteiger partial charge is 0.361 e. The fraction of sp³-hybridized carbons (Fsp3) is 0.414. The van der Waals surface area contributed by atoms with Gasteiger partial charge in [-0.25, -0.2) is 0 Å². The highest BCUT2D eigenvalue weighted by atomic mass is 16.1. The summed E-state index contributed by atoms with van der Waals surface area (Å²) in [4.78, 5) is 18.3. The van der Waals surface area contributed by atoms with Gasteiger partial charge < -0.3 is 15.5 Å². The van der Waals surface area contributed by atoms with Crippen molar-refractivity contribution in [1.82, 2.24) is 24.6 Å². The molecule has 6 rings (SSSR count). The van der Waals surface area contributed by atoms with E-state index in [-0.39, 0.29) is 0 Å². The number of fused-ring (bicyclic) bond motifs is 1. The van der Waals surface area contributed by atoms with Crippen molar-refractivity contribution in [2.75, 3.05) is 6.54 Å². The molecule has 0 amide bonds. The number of rotatable bonds is 7. The molecule has 1 aliphatic carbocycles. The van der Waals surface area contributed by atoms with Gasteiger partial charge in [0.15, 0.2) is 0 Å². The van der Waals surface area contributed by atoms with Gasteiger partial charge in [0.2, 0.25) is 0 Å². The maximum atomic E-state index is 12.5. The van der Waals surface area contributed by atoms with E-state index in [2.05, 4.69) is 56.6 Å². The van der Waals surface area contributed by atoms with E-state index in [1.807, 2.05) is 22.8 Å². The number of aldehydes is 1. The van der Waals surface area contributed by atoms with Gasteiger partial charge in [0.05, 0.1) is 5.66 Å². The number of nitrogens with one attached hydrogen (secondary N) is 1. The van der Waals surface area contributed by atoms with Crippen molar-refractivity contribution >= 4 is 17.2 Å². The number of carbonyl (C=O) groups is 1. The molecule has 3 heterocycles. The zero-order chi connectivity index (χ0) is 24.6. The van der Waals surface area contributed by atoms with Crippen molar-refractivity contribution in [3.8, 4) is 5.69 Å². The molecule has 2 aliphatic rings. The summed E-state index contributed by atoms with van der Waals surface area (Å²) < 4.78 is 1.94. The molecule has 1 saturated heterocycles. The van der Waals surface area contributed by atoms with E-state index in [1.165, 1.54) is 10.9 Å². The van der Waals surface area contributed by atoms with Gasteiger partial charge in [0.1, 0.15) is 24.5 Å². The Balaban J connectivity index is 1.13. The summed E-state index contributed by atoms with van der Waals surface area (Å²) in [5.74, 6) is 0.651. The fourth-order valence-corrected chi connectivity index (χ4v) is 6.64. The first-order valence-electron chi connectivity index (χ1n) is 13.1. The van der Waals surface area contributed by atoms with E-state index in [0.29, 0.717) is 5.92 Å². The molecule has 2 aromatic heterocycles. The summed E-state index contributed by atoms with van der Waals surface area (Å²) >= 11 is 0. The van der Waals surface area contributed by atoms with E-state index in [9.17, 15) is 4.79 Å². The molecule has 3 N–H and O–H groups in total. The number of nitrogens with zero attached hydrogens (tertiary/aromatic N) is 4. The Morgan fingerprint density at radius 3 is 2.58 bits per heavy atom. The van der Waals surface area contributed by atoms with Crippen LogP contribution in [0.25, 0.3) is 16.6 Å². The van der Waals surface area contributed by atoms with E-state index < -0.39 is 11.2 Å². The Labute approximate surface area is 211 Å². The van der Waals surface area contributed by atoms with Crippen LogP contribution in [0.1, 0.15) is 56.1 Å². The van der Waals surface area contributed by atoms with Crippen LogP contribution in [0.3, 0.4) is 0 Å². The van der Waals surface area contributed by atoms with Gasteiger partial charge >= 0.3 is 0 Å². The first-order chi connectivity index (χ1) is 17.6. The third-order valence-electron chi connectivity index (χ3n) is 8.69. The predicted molar refractivity (Wildman–Crippen MR) is 141 cm³/mol. The van der Waals surface area contributed by atoms with Crippen LogP contribution in [0.15, 0.2) is 67.4 Å². The third kappa shape index (κ3) is 3.96. The number of hydrogen-bond donors (Lipinski definition) is 2. The highest BCUT2D eigenvalue weighted by molar-refractivity contribution is 5.85. The molecule has 1 saturated carbocycles. The van der Waals surface area contributed by atoms with Gasteiger partial charge in [-0.05, 0) is 86.6 Å². The van der Waals surface area contributed by atoms with Gasteiger partial charge in [0, 0.05) is 29.3 Å². The molecule has 0 radical (unpaired) electrons. The number of nitrogens with two attached hydrogens (primary N) is 1. The zero-order valence-electron chi connectivity index (χ0n) is 20.6. The zero-order valence-corrected chi connectivity index (χ0v) is 20.6. The molecular formula is C29H34N6O. The monoisotopic (exact) mass is 482 g/mol. The molecule has 0 unspecified atom stereocenters. The first kappa shape index (κ1) is 23.1. The van der Waals surface area contributed by atoms with Crippen LogP contribution >= 0.6 is 0 Å². The van der Waals surface area contributed by atoms with E-state index in [1.54, 1.807) is 12.7 Å². The summed E-state index contributed by atoms with van der Waals surface area (Å²) in [6, 6.07) is 16.6. The lowest BCUT2D eigenvalue weighted by Crippen LogP contribution is -2.63. The molecule has 2 aromatic carbocycles. The van der Waals surface area contributed by atoms with Gasteiger partial charge in [-0.1, -0.05) is 30.3 Å². The standard InChI is InChI=1S/C29H34N6O/c30-29(35-16-4-13-28(35,19-36)24-5-2-1-3-6-24)14-11-22(12-15-29)7-8-23-18-31-27-10-9-25(17-26(23)27)34-20-32-33-21-34/h1-3,5-6,9-10,17-22,31H,4,7-8,11-16,30H2/t22?,28-,29?/m1/s1. The first-order valence-corrected chi connectivity index (χ1v) is 13.1. The molecule has 4 aromatic rings. The Hall–Kier alpha value is -3.29.